The SMILES string of the molecule is CC1(C)CCc2c1nc1c(c2NC(=O)N=S(N)(=O)c2cc([C@@](C)(O)CO)cs2)CCC1. The number of aromatic nitrogens is 1. The minimum absolute atomic E-state index is 0.0536. The van der Waals surface area contributed by atoms with E-state index < -0.39 is 28.2 Å². The Morgan fingerprint density at radius 1 is 1.39 bits per heavy atom. The molecule has 0 aliphatic heterocycles. The van der Waals surface area contributed by atoms with E-state index in [0.29, 0.717) is 5.56 Å². The number of anilines is 1. The number of nitrogens with one attached hydrogen (secondary N) is 1. The lowest BCUT2D eigenvalue weighted by atomic mass is 9.90. The average molecular weight is 465 g/mol. The molecular formula is C21H28N4O4S2. The number of thiophene rings is 1. The van der Waals surface area contributed by atoms with Gasteiger partial charge in [-0.05, 0) is 67.2 Å². The van der Waals surface area contributed by atoms with Crippen molar-refractivity contribution < 1.29 is 19.2 Å². The molecule has 168 valence electrons. The number of hydrogen-bond donors (Lipinski definition) is 4. The summed E-state index contributed by atoms with van der Waals surface area (Å²) in [4.78, 5) is 17.7. The van der Waals surface area contributed by atoms with Crippen LogP contribution in [0.5, 0.6) is 0 Å². The minimum Gasteiger partial charge on any atom is -0.393 e. The number of carbonyl (C=O) groups excluding carboxylic acids is 1. The van der Waals surface area contributed by atoms with Crippen molar-refractivity contribution >= 4 is 33.0 Å². The highest BCUT2D eigenvalue weighted by Gasteiger charge is 2.36. The van der Waals surface area contributed by atoms with Crippen LogP contribution in [-0.4, -0.2) is 32.0 Å². The summed E-state index contributed by atoms with van der Waals surface area (Å²) in [6.07, 6.45) is 4.49. The highest BCUT2D eigenvalue weighted by atomic mass is 32.2. The van der Waals surface area contributed by atoms with E-state index in [-0.39, 0.29) is 9.62 Å². The number of nitrogens with zero attached hydrogens (tertiary/aromatic N) is 2. The van der Waals surface area contributed by atoms with Crippen LogP contribution in [0.25, 0.3) is 0 Å². The van der Waals surface area contributed by atoms with Crippen LogP contribution in [0.15, 0.2) is 20.0 Å². The van der Waals surface area contributed by atoms with Crippen molar-refractivity contribution in [3.8, 4) is 0 Å². The number of aliphatic hydroxyl groups is 2. The van der Waals surface area contributed by atoms with Gasteiger partial charge in [0.05, 0.1) is 18.0 Å². The Hall–Kier alpha value is -1.85. The van der Waals surface area contributed by atoms with Crippen LogP contribution < -0.4 is 10.5 Å². The van der Waals surface area contributed by atoms with E-state index in [1.165, 1.54) is 13.0 Å². The lowest BCUT2D eigenvalue weighted by Gasteiger charge is -2.20. The Bertz CT molecular complexity index is 1180. The Balaban J connectivity index is 1.67. The monoisotopic (exact) mass is 464 g/mol. The average Bonchev–Trinajstić information content (AvgIpc) is 3.41. The fourth-order valence-electron chi connectivity index (χ4n) is 4.27. The number of pyridine rings is 1. The second kappa shape index (κ2) is 7.63. The zero-order valence-corrected chi connectivity index (χ0v) is 19.5. The molecule has 2 aliphatic rings. The van der Waals surface area contributed by atoms with Gasteiger partial charge in [-0.1, -0.05) is 13.8 Å². The molecule has 31 heavy (non-hydrogen) atoms. The topological polar surface area (TPSA) is 138 Å². The zero-order valence-electron chi connectivity index (χ0n) is 17.9. The molecule has 0 saturated heterocycles. The number of carbonyl (C=O) groups is 1. The van der Waals surface area contributed by atoms with Crippen molar-refractivity contribution in [2.45, 2.75) is 68.1 Å². The van der Waals surface area contributed by atoms with Gasteiger partial charge in [0.1, 0.15) is 9.81 Å². The molecule has 0 bridgehead atoms. The molecule has 2 aromatic rings. The van der Waals surface area contributed by atoms with Gasteiger partial charge in [-0.15, -0.1) is 15.7 Å². The molecular weight excluding hydrogens is 436 g/mol. The van der Waals surface area contributed by atoms with E-state index >= 15 is 0 Å². The lowest BCUT2D eigenvalue weighted by molar-refractivity contribution is -0.00203. The van der Waals surface area contributed by atoms with Crippen molar-refractivity contribution in [1.82, 2.24) is 4.98 Å². The largest absolute Gasteiger partial charge is 0.393 e. The molecule has 2 aromatic heterocycles. The molecule has 5 N–H and O–H groups in total. The first kappa shape index (κ1) is 22.3. The summed E-state index contributed by atoms with van der Waals surface area (Å²) in [6.45, 7) is 5.26. The van der Waals surface area contributed by atoms with Crippen LogP contribution >= 0.6 is 11.3 Å². The number of aliphatic hydroxyl groups excluding tert-OH is 1. The van der Waals surface area contributed by atoms with Gasteiger partial charge in [-0.2, -0.15) is 0 Å². The fraction of sp³-hybridized carbons (Fsp3) is 0.524. The van der Waals surface area contributed by atoms with Gasteiger partial charge in [0, 0.05) is 11.1 Å². The van der Waals surface area contributed by atoms with Crippen molar-refractivity contribution in [3.05, 3.63) is 39.5 Å². The number of rotatable bonds is 4. The molecule has 2 heterocycles. The molecule has 0 fully saturated rings. The smallest absolute Gasteiger partial charge is 0.354 e. The summed E-state index contributed by atoms with van der Waals surface area (Å²) in [5.41, 5.74) is 3.70. The first-order valence-corrected chi connectivity index (χ1v) is 12.7. The molecule has 4 rings (SSSR count). The number of urea groups is 1. The third kappa shape index (κ3) is 4.03. The molecule has 2 atom stereocenters. The predicted molar refractivity (Wildman–Crippen MR) is 121 cm³/mol. The van der Waals surface area contributed by atoms with Crippen LogP contribution in [0.2, 0.25) is 0 Å². The lowest BCUT2D eigenvalue weighted by Crippen LogP contribution is -2.25. The molecule has 0 radical (unpaired) electrons. The maximum Gasteiger partial charge on any atom is 0.354 e. The summed E-state index contributed by atoms with van der Waals surface area (Å²) in [5, 5.41) is 29.8. The van der Waals surface area contributed by atoms with E-state index in [0.717, 1.165) is 71.6 Å². The number of fused-ring (bicyclic) bond motifs is 2. The van der Waals surface area contributed by atoms with Gasteiger partial charge >= 0.3 is 6.03 Å². The second-order valence-electron chi connectivity index (χ2n) is 9.15. The van der Waals surface area contributed by atoms with Gasteiger partial charge in [0.15, 0.2) is 9.92 Å². The third-order valence-electron chi connectivity index (χ3n) is 6.21. The summed E-state index contributed by atoms with van der Waals surface area (Å²) < 4.78 is 16.9. The van der Waals surface area contributed by atoms with Crippen molar-refractivity contribution in [1.29, 1.82) is 0 Å². The Morgan fingerprint density at radius 2 is 2.13 bits per heavy atom. The standard InChI is InChI=1S/C21H28N4O4S2/c1-20(2)8-7-14-17(13-5-4-6-15(13)23-18(14)20)24-19(27)25-31(22,29)16-9-12(10-30-16)21(3,28)11-26/h9-10,26,28H,4-8,11H2,1-3H3,(H3,22,23,24,25,27,29)/t21-,31?/m0/s1. The highest BCUT2D eigenvalue weighted by molar-refractivity contribution is 7.93. The molecule has 1 unspecified atom stereocenters. The summed E-state index contributed by atoms with van der Waals surface area (Å²) in [5.74, 6) is 0. The van der Waals surface area contributed by atoms with E-state index in [4.69, 9.17) is 10.1 Å². The Labute approximate surface area is 186 Å². The van der Waals surface area contributed by atoms with Crippen LogP contribution in [-0.2, 0) is 40.2 Å². The summed E-state index contributed by atoms with van der Waals surface area (Å²) in [6, 6.07) is 0.660. The van der Waals surface area contributed by atoms with Crippen LogP contribution in [0, 0.1) is 0 Å². The zero-order chi connectivity index (χ0) is 22.6. The third-order valence-corrected chi connectivity index (χ3v) is 9.07. The van der Waals surface area contributed by atoms with Crippen molar-refractivity contribution in [3.63, 3.8) is 0 Å². The Kier molecular flexibility index (Phi) is 5.50. The number of amides is 2. The molecule has 10 heteroatoms. The molecule has 2 aliphatic carbocycles. The second-order valence-corrected chi connectivity index (χ2v) is 12.1. The maximum atomic E-state index is 13.0. The molecule has 0 saturated carbocycles. The maximum absolute atomic E-state index is 13.0. The van der Waals surface area contributed by atoms with E-state index in [2.05, 4.69) is 23.5 Å². The summed E-state index contributed by atoms with van der Waals surface area (Å²) >= 11 is 1.03. The molecule has 0 aromatic carbocycles. The fourth-order valence-corrected chi connectivity index (χ4v) is 6.52. The molecule has 0 spiro atoms. The first-order valence-electron chi connectivity index (χ1n) is 10.3. The summed E-state index contributed by atoms with van der Waals surface area (Å²) in [7, 11) is -3.51. The van der Waals surface area contributed by atoms with Crippen LogP contribution in [0.3, 0.4) is 0 Å². The highest BCUT2D eigenvalue weighted by Crippen LogP contribution is 2.44. The van der Waals surface area contributed by atoms with Crippen molar-refractivity contribution in [2.75, 3.05) is 11.9 Å². The number of aryl methyl sites for hydroxylation is 1. The van der Waals surface area contributed by atoms with Gasteiger partial charge in [-0.25, -0.2) is 14.1 Å². The van der Waals surface area contributed by atoms with E-state index in [9.17, 15) is 19.2 Å². The first-order chi connectivity index (χ1) is 14.4. The molecule has 8 nitrogen and oxygen atoms in total. The molecule has 2 amide bonds. The van der Waals surface area contributed by atoms with Crippen molar-refractivity contribution in [2.24, 2.45) is 9.50 Å². The van der Waals surface area contributed by atoms with Gasteiger partial charge in [0.2, 0.25) is 0 Å². The quantitative estimate of drug-likeness (QED) is 0.551. The van der Waals surface area contributed by atoms with E-state index in [1.807, 2.05) is 0 Å². The van der Waals surface area contributed by atoms with E-state index in [1.54, 1.807) is 5.38 Å². The van der Waals surface area contributed by atoms with Gasteiger partial charge < -0.3 is 15.5 Å². The Morgan fingerprint density at radius 3 is 2.84 bits per heavy atom. The predicted octanol–water partition coefficient (Wildman–Crippen LogP) is 2.99. The number of hydrogen-bond acceptors (Lipinski definition) is 6. The number of nitrogens with two attached hydrogens (primary N) is 1. The van der Waals surface area contributed by atoms with Gasteiger partial charge in [-0.3, -0.25) is 4.98 Å². The van der Waals surface area contributed by atoms with Crippen LogP contribution in [0.1, 0.15) is 61.7 Å². The normalized spacial score (nSPS) is 20.5. The minimum atomic E-state index is -3.51. The van der Waals surface area contributed by atoms with Gasteiger partial charge in [0.25, 0.3) is 0 Å². The van der Waals surface area contributed by atoms with Crippen LogP contribution in [0.4, 0.5) is 10.5 Å².